The summed E-state index contributed by atoms with van der Waals surface area (Å²) in [6.07, 6.45) is 6.39. The van der Waals surface area contributed by atoms with Gasteiger partial charge in [0.1, 0.15) is 0 Å². The highest BCUT2D eigenvalue weighted by atomic mass is 13.6. The van der Waals surface area contributed by atoms with Gasteiger partial charge in [0.05, 0.1) is 0 Å². The van der Waals surface area contributed by atoms with Crippen molar-refractivity contribution in [1.82, 2.24) is 0 Å². The van der Waals surface area contributed by atoms with Gasteiger partial charge in [-0.15, -0.1) is 0 Å². The molecular formula is C70H246. The molecule has 0 N–H and O–H groups in total. The predicted octanol–water partition coefficient (Wildman–Crippen LogP) is 40.3. The van der Waals surface area contributed by atoms with Crippen LogP contribution in [-0.2, 0) is 0 Å². The Morgan fingerprint density at radius 2 is 0.114 bits per heavy atom. The van der Waals surface area contributed by atoms with Crippen molar-refractivity contribution in [1.29, 1.82) is 0 Å². The number of hydrogen-bond donors (Lipinski definition) is 0. The molecule has 0 spiro atoms. The van der Waals surface area contributed by atoms with Crippen molar-refractivity contribution in [2.24, 2.45) is 0 Å². The van der Waals surface area contributed by atoms with Crippen molar-refractivity contribution >= 4 is 0 Å². The molecule has 0 amide bonds. The number of rotatable bonds is 1. The van der Waals surface area contributed by atoms with Crippen LogP contribution in [0.2, 0.25) is 0 Å². The van der Waals surface area contributed by atoms with E-state index >= 15 is 0 Å². The summed E-state index contributed by atoms with van der Waals surface area (Å²) in [5, 5.41) is 0. The molecule has 0 heteroatoms. The van der Waals surface area contributed by atoms with E-state index in [4.69, 9.17) is 0 Å². The van der Waals surface area contributed by atoms with Crippen LogP contribution in [0.3, 0.4) is 0 Å². The molecule has 0 nitrogen and oxygen atoms in total. The summed E-state index contributed by atoms with van der Waals surface area (Å²) in [5.41, 5.74) is 0. The maximum absolute atomic E-state index is 2.18. The molecule has 526 valence electrons. The van der Waals surface area contributed by atoms with Gasteiger partial charge in [-0.3, -0.25) is 0 Å². The molecule has 0 aromatic rings. The molecule has 70 heavy (non-hydrogen) atoms. The van der Waals surface area contributed by atoms with Crippen LogP contribution in [0.4, 0.5) is 0 Å². The fourth-order valence-electron chi connectivity index (χ4n) is 0. The van der Waals surface area contributed by atoms with E-state index in [1.165, 1.54) is 32.1 Å². The average Bonchev–Trinajstić information content (AvgIpc) is 2.85. The van der Waals surface area contributed by atoms with Gasteiger partial charge < -0.3 is 0 Å². The summed E-state index contributed by atoms with van der Waals surface area (Å²) in [7, 11) is 0. The third kappa shape index (κ3) is 305000. The third-order valence-electron chi connectivity index (χ3n) is 0.500. The Labute approximate surface area is 500 Å². The zero-order valence-electron chi connectivity index (χ0n) is 27.5. The summed E-state index contributed by atoms with van der Waals surface area (Å²) >= 11 is 0. The Bertz CT molecular complexity index is 16.5. The van der Waals surface area contributed by atoms with Crippen molar-refractivity contribution in [2.45, 2.75) is 503 Å². The van der Waals surface area contributed by atoms with Gasteiger partial charge in [-0.1, -0.05) is 503 Å². The van der Waals surface area contributed by atoms with Gasteiger partial charge >= 0.3 is 0 Å². The monoisotopic (exact) mass is 1090 g/mol. The largest absolute Gasteiger partial charge is 0.0776 e. The third-order valence-corrected chi connectivity index (χ3v) is 0.500. The van der Waals surface area contributed by atoms with Crippen molar-refractivity contribution < 1.29 is 0 Å². The molecule has 0 aromatic carbocycles. The lowest BCUT2D eigenvalue weighted by Gasteiger charge is -1.68. The molecule has 0 aliphatic rings. The summed E-state index contributed by atoms with van der Waals surface area (Å²) in [6.45, 7) is 49.1. The van der Waals surface area contributed by atoms with E-state index in [-0.39, 0.29) is 304 Å². The lowest BCUT2D eigenvalue weighted by atomic mass is 10.4. The van der Waals surface area contributed by atoms with Crippen LogP contribution in [-0.4, -0.2) is 0 Å². The highest BCUT2D eigenvalue weighted by Crippen LogP contribution is 1.76. The van der Waals surface area contributed by atoms with E-state index in [1.807, 2.05) is 111 Å². The standard InChI is InChI=1S/C4H10.3C3H8.8C2H6.41CH4/c1-3-4-2;3*1-3-2;8*1-2;;;;;;;;;;;;;;;;;;;;;;;;;;;;;;;;;;;;;;;;;/h3-4H2,1-2H3;3*3H2,1-2H3;8*1-2H3;41*1H4. The quantitative estimate of drug-likeness (QED) is 0.246. The maximum atomic E-state index is 2.18. The minimum absolute atomic E-state index is 0. The molecule has 0 aromatic heterocycles. The van der Waals surface area contributed by atoms with E-state index in [0.29, 0.717) is 0 Å². The predicted molar refractivity (Wildman–Crippen MR) is 435 cm³/mol. The summed E-state index contributed by atoms with van der Waals surface area (Å²) in [5.74, 6) is 0. The van der Waals surface area contributed by atoms with E-state index in [2.05, 4.69) is 55.4 Å². The summed E-state index contributed by atoms with van der Waals surface area (Å²) < 4.78 is 0. The van der Waals surface area contributed by atoms with Crippen LogP contribution >= 0.6 is 0 Å². The van der Waals surface area contributed by atoms with Gasteiger partial charge in [-0.25, -0.2) is 0 Å². The van der Waals surface area contributed by atoms with Gasteiger partial charge in [0.25, 0.3) is 0 Å². The van der Waals surface area contributed by atoms with Gasteiger partial charge in [0.15, 0.2) is 0 Å². The Hall–Kier alpha value is 0. The highest BCUT2D eigenvalue weighted by Gasteiger charge is 1.56. The Morgan fingerprint density at radius 1 is 0.100 bits per heavy atom. The Balaban J connectivity index is -0.000000000842. The maximum Gasteiger partial charge on any atom is -0.0564 e. The minimum atomic E-state index is 0. The summed E-state index contributed by atoms with van der Waals surface area (Å²) in [6, 6.07) is 0. The van der Waals surface area contributed by atoms with Gasteiger partial charge in [0, 0.05) is 0 Å². The highest BCUT2D eigenvalue weighted by molar-refractivity contribution is 4.12. The zero-order chi connectivity index (χ0) is 27.5. The normalized spacial score (nSPS) is 1.89. The molecule has 0 unspecified atom stereocenters. The molecule has 0 fully saturated rings. The second-order valence-electron chi connectivity index (χ2n) is 3.12. The Morgan fingerprint density at radius 3 is 0.114 bits per heavy atom. The first kappa shape index (κ1) is 1150. The van der Waals surface area contributed by atoms with Crippen molar-refractivity contribution in [3.8, 4) is 0 Å². The molecule has 0 radical (unpaired) electrons. The van der Waals surface area contributed by atoms with Crippen molar-refractivity contribution in [3.05, 3.63) is 0 Å². The molecule has 0 heterocycles. The second kappa shape index (κ2) is 12800. The summed E-state index contributed by atoms with van der Waals surface area (Å²) in [4.78, 5) is 0. The minimum Gasteiger partial charge on any atom is -0.0776 e. The van der Waals surface area contributed by atoms with Gasteiger partial charge in [-0.2, -0.15) is 0 Å². The fraction of sp³-hybridized carbons (Fsp3) is 1.00. The molecule has 0 saturated heterocycles. The molecule has 0 aliphatic heterocycles. The number of unbranched alkanes of at least 4 members (excludes halogenated alkanes) is 1. The first-order valence-electron chi connectivity index (χ1n) is 14.2. The molecule has 0 saturated carbocycles. The molecule has 0 rings (SSSR count). The first-order chi connectivity index (χ1) is 14.2. The zero-order valence-corrected chi connectivity index (χ0v) is 27.5. The second-order valence-corrected chi connectivity index (χ2v) is 3.12. The van der Waals surface area contributed by atoms with E-state index in [9.17, 15) is 0 Å². The van der Waals surface area contributed by atoms with Crippen LogP contribution < -0.4 is 0 Å². The lowest BCUT2D eigenvalue weighted by molar-refractivity contribution is 0.886. The molecule has 0 atom stereocenters. The van der Waals surface area contributed by atoms with Crippen molar-refractivity contribution in [3.63, 3.8) is 0 Å². The van der Waals surface area contributed by atoms with E-state index < -0.39 is 0 Å². The van der Waals surface area contributed by atoms with Gasteiger partial charge in [-0.05, 0) is 0 Å². The fourth-order valence-corrected chi connectivity index (χ4v) is 0. The van der Waals surface area contributed by atoms with Crippen LogP contribution in [0, 0.1) is 0 Å². The topological polar surface area (TPSA) is 0 Å². The van der Waals surface area contributed by atoms with Gasteiger partial charge in [0.2, 0.25) is 0 Å². The average molecular weight is 1090 g/mol. The molecular weight excluding hydrogens is 841 g/mol. The lowest BCUT2D eigenvalue weighted by Crippen LogP contribution is -1.47. The van der Waals surface area contributed by atoms with Crippen LogP contribution in [0.5, 0.6) is 0 Å². The number of hydrogen-bond acceptors (Lipinski definition) is 0. The first-order valence-corrected chi connectivity index (χ1v) is 14.2. The van der Waals surface area contributed by atoms with Crippen molar-refractivity contribution in [2.75, 3.05) is 0 Å². The van der Waals surface area contributed by atoms with Crippen LogP contribution in [0.1, 0.15) is 503 Å². The Kier molecular flexibility index (Phi) is 210000. The van der Waals surface area contributed by atoms with Crippen LogP contribution in [0.25, 0.3) is 0 Å². The van der Waals surface area contributed by atoms with E-state index in [1.54, 1.807) is 0 Å². The van der Waals surface area contributed by atoms with E-state index in [0.717, 1.165) is 0 Å². The smallest absolute Gasteiger partial charge is 0.0564 e. The molecule has 0 aliphatic carbocycles. The van der Waals surface area contributed by atoms with Crippen LogP contribution in [0.15, 0.2) is 0 Å². The molecule has 0 bridgehead atoms. The SMILES string of the molecule is C.C.C.C.C.C.C.C.C.C.C.C.C.C.C.C.C.C.C.C.C.C.C.C.C.C.C.C.C.C.C.C.C.C.C.C.C.C.C.C.C.CC.CC.CC.CC.CC.CC.CC.CC.CCC.CCC.CCC.CCCC.